The molecule has 1 aromatic heterocycles. The predicted octanol–water partition coefficient (Wildman–Crippen LogP) is 0.955. The summed E-state index contributed by atoms with van der Waals surface area (Å²) in [5, 5.41) is 3.28. The van der Waals surface area contributed by atoms with E-state index in [0.717, 1.165) is 6.54 Å². The zero-order chi connectivity index (χ0) is 11.6. The molecule has 1 aliphatic carbocycles. The Kier molecular flexibility index (Phi) is 2.96. The lowest BCUT2D eigenvalue weighted by atomic mass is 9.75. The van der Waals surface area contributed by atoms with Gasteiger partial charge in [0.15, 0.2) is 0 Å². The minimum absolute atomic E-state index is 0.282. The molecule has 5 heteroatoms. The highest BCUT2D eigenvalue weighted by atomic mass is 15.2. The number of anilines is 2. The van der Waals surface area contributed by atoms with Gasteiger partial charge < -0.3 is 16.0 Å². The molecule has 0 spiro atoms. The van der Waals surface area contributed by atoms with Gasteiger partial charge in [-0.05, 0) is 33.4 Å². The maximum atomic E-state index is 5.53. The van der Waals surface area contributed by atoms with Crippen molar-refractivity contribution in [1.82, 2.24) is 14.9 Å². The Morgan fingerprint density at radius 1 is 1.38 bits per heavy atom. The fraction of sp³-hybridized carbons (Fsp3) is 0.636. The molecule has 1 heterocycles. The molecule has 0 saturated heterocycles. The lowest BCUT2D eigenvalue weighted by Crippen LogP contribution is -2.54. The van der Waals surface area contributed by atoms with Gasteiger partial charge in [0.25, 0.3) is 0 Å². The predicted molar refractivity (Wildman–Crippen MR) is 65.2 cm³/mol. The summed E-state index contributed by atoms with van der Waals surface area (Å²) in [6, 6.07) is 0. The number of nitrogens with zero attached hydrogens (tertiary/aromatic N) is 3. The number of aromatic nitrogens is 2. The Labute approximate surface area is 96.1 Å². The van der Waals surface area contributed by atoms with Crippen molar-refractivity contribution in [2.45, 2.75) is 24.8 Å². The largest absolute Gasteiger partial charge is 0.396 e. The second-order valence-electron chi connectivity index (χ2n) is 4.67. The monoisotopic (exact) mass is 221 g/mol. The number of hydrogen-bond acceptors (Lipinski definition) is 5. The molecule has 1 aliphatic rings. The van der Waals surface area contributed by atoms with Crippen LogP contribution in [0.5, 0.6) is 0 Å². The van der Waals surface area contributed by atoms with Crippen LogP contribution in [-0.4, -0.2) is 41.0 Å². The molecule has 0 atom stereocenters. The molecule has 1 saturated carbocycles. The molecule has 3 N–H and O–H groups in total. The number of likely N-dealkylation sites (N-methyl/N-ethyl adjacent to an activating group) is 1. The van der Waals surface area contributed by atoms with Crippen molar-refractivity contribution in [2.24, 2.45) is 0 Å². The first kappa shape index (κ1) is 11.1. The molecular formula is C11H19N5. The molecule has 88 valence electrons. The molecular weight excluding hydrogens is 202 g/mol. The van der Waals surface area contributed by atoms with Gasteiger partial charge in [0.05, 0.1) is 18.1 Å². The average molecular weight is 221 g/mol. The quantitative estimate of drug-likeness (QED) is 0.792. The first-order valence-electron chi connectivity index (χ1n) is 5.61. The lowest BCUT2D eigenvalue weighted by molar-refractivity contribution is 0.0737. The van der Waals surface area contributed by atoms with Crippen LogP contribution in [-0.2, 0) is 0 Å². The van der Waals surface area contributed by atoms with Gasteiger partial charge in [-0.2, -0.15) is 0 Å². The van der Waals surface area contributed by atoms with Gasteiger partial charge in [-0.3, -0.25) is 0 Å². The fourth-order valence-corrected chi connectivity index (χ4v) is 2.04. The molecule has 1 aromatic rings. The summed E-state index contributed by atoms with van der Waals surface area (Å²) < 4.78 is 0. The molecule has 1 fully saturated rings. The van der Waals surface area contributed by atoms with Crippen molar-refractivity contribution in [2.75, 3.05) is 31.7 Å². The number of nitrogens with one attached hydrogen (secondary N) is 1. The topological polar surface area (TPSA) is 67.1 Å². The zero-order valence-electron chi connectivity index (χ0n) is 9.90. The Bertz CT molecular complexity index is 342. The third-order valence-electron chi connectivity index (χ3n) is 3.48. The van der Waals surface area contributed by atoms with Crippen molar-refractivity contribution in [3.63, 3.8) is 0 Å². The molecule has 0 bridgehead atoms. The van der Waals surface area contributed by atoms with Crippen LogP contribution >= 0.6 is 0 Å². The van der Waals surface area contributed by atoms with E-state index >= 15 is 0 Å². The maximum absolute atomic E-state index is 5.53. The standard InChI is InChI=1S/C11H19N5/c1-16(2)11(4-3-5-11)8-15-10-13-6-9(12)7-14-10/h6-7H,3-5,8,12H2,1-2H3,(H,13,14,15). The third kappa shape index (κ3) is 2.09. The second-order valence-corrected chi connectivity index (χ2v) is 4.67. The highest BCUT2D eigenvalue weighted by molar-refractivity contribution is 5.36. The van der Waals surface area contributed by atoms with E-state index in [2.05, 4.69) is 34.3 Å². The van der Waals surface area contributed by atoms with Crippen LogP contribution in [0.3, 0.4) is 0 Å². The van der Waals surface area contributed by atoms with Crippen LogP contribution in [0, 0.1) is 0 Å². The van der Waals surface area contributed by atoms with Crippen LogP contribution in [0.15, 0.2) is 12.4 Å². The van der Waals surface area contributed by atoms with Crippen molar-refractivity contribution >= 4 is 11.6 Å². The van der Waals surface area contributed by atoms with Gasteiger partial charge in [-0.1, -0.05) is 0 Å². The van der Waals surface area contributed by atoms with E-state index < -0.39 is 0 Å². The van der Waals surface area contributed by atoms with E-state index in [-0.39, 0.29) is 5.54 Å². The number of hydrogen-bond donors (Lipinski definition) is 2. The highest BCUT2D eigenvalue weighted by Gasteiger charge is 2.38. The van der Waals surface area contributed by atoms with E-state index in [9.17, 15) is 0 Å². The average Bonchev–Trinajstić information content (AvgIpc) is 2.18. The maximum Gasteiger partial charge on any atom is 0.222 e. The summed E-state index contributed by atoms with van der Waals surface area (Å²) in [4.78, 5) is 10.6. The second kappa shape index (κ2) is 4.25. The molecule has 0 radical (unpaired) electrons. The summed E-state index contributed by atoms with van der Waals surface area (Å²) in [5.41, 5.74) is 6.41. The minimum atomic E-state index is 0.282. The summed E-state index contributed by atoms with van der Waals surface area (Å²) >= 11 is 0. The number of rotatable bonds is 4. The van der Waals surface area contributed by atoms with E-state index in [1.165, 1.54) is 19.3 Å². The third-order valence-corrected chi connectivity index (χ3v) is 3.48. The molecule has 5 nitrogen and oxygen atoms in total. The van der Waals surface area contributed by atoms with Crippen LogP contribution in [0.4, 0.5) is 11.6 Å². The van der Waals surface area contributed by atoms with E-state index in [1.807, 2.05) is 0 Å². The van der Waals surface area contributed by atoms with Crippen LogP contribution < -0.4 is 11.1 Å². The van der Waals surface area contributed by atoms with Crippen molar-refractivity contribution in [3.8, 4) is 0 Å². The first-order valence-corrected chi connectivity index (χ1v) is 5.61. The Hall–Kier alpha value is -1.36. The minimum Gasteiger partial charge on any atom is -0.396 e. The van der Waals surface area contributed by atoms with Crippen molar-refractivity contribution < 1.29 is 0 Å². The van der Waals surface area contributed by atoms with Crippen LogP contribution in [0.2, 0.25) is 0 Å². The van der Waals surface area contributed by atoms with Gasteiger partial charge in [-0.25, -0.2) is 9.97 Å². The SMILES string of the molecule is CN(C)C1(CNc2ncc(N)cn2)CCC1. The first-order chi connectivity index (χ1) is 7.62. The molecule has 0 unspecified atom stereocenters. The Morgan fingerprint density at radius 3 is 2.44 bits per heavy atom. The van der Waals surface area contributed by atoms with E-state index in [1.54, 1.807) is 12.4 Å². The zero-order valence-corrected chi connectivity index (χ0v) is 9.90. The Morgan fingerprint density at radius 2 is 2.00 bits per heavy atom. The summed E-state index contributed by atoms with van der Waals surface area (Å²) in [6.45, 7) is 0.893. The van der Waals surface area contributed by atoms with E-state index in [0.29, 0.717) is 11.6 Å². The molecule has 0 aliphatic heterocycles. The van der Waals surface area contributed by atoms with Gasteiger partial charge in [0, 0.05) is 12.1 Å². The summed E-state index contributed by atoms with van der Waals surface area (Å²) in [7, 11) is 4.26. The van der Waals surface area contributed by atoms with Crippen LogP contribution in [0.1, 0.15) is 19.3 Å². The smallest absolute Gasteiger partial charge is 0.222 e. The highest BCUT2D eigenvalue weighted by Crippen LogP contribution is 2.35. The number of nitrogen functional groups attached to an aromatic ring is 1. The summed E-state index contributed by atoms with van der Waals surface area (Å²) in [6.07, 6.45) is 7.03. The molecule has 16 heavy (non-hydrogen) atoms. The molecule has 0 aromatic carbocycles. The van der Waals surface area contributed by atoms with Gasteiger partial charge >= 0.3 is 0 Å². The van der Waals surface area contributed by atoms with Gasteiger partial charge in [0.1, 0.15) is 0 Å². The summed E-state index contributed by atoms with van der Waals surface area (Å²) in [5.74, 6) is 0.655. The fourth-order valence-electron chi connectivity index (χ4n) is 2.04. The Balaban J connectivity index is 1.93. The molecule has 2 rings (SSSR count). The van der Waals surface area contributed by atoms with Crippen molar-refractivity contribution in [1.29, 1.82) is 0 Å². The van der Waals surface area contributed by atoms with Gasteiger partial charge in [0.2, 0.25) is 5.95 Å². The molecule has 0 amide bonds. The van der Waals surface area contributed by atoms with E-state index in [4.69, 9.17) is 5.73 Å². The van der Waals surface area contributed by atoms with Crippen LogP contribution in [0.25, 0.3) is 0 Å². The number of nitrogens with two attached hydrogens (primary N) is 1. The van der Waals surface area contributed by atoms with Gasteiger partial charge in [-0.15, -0.1) is 0 Å². The van der Waals surface area contributed by atoms with Crippen molar-refractivity contribution in [3.05, 3.63) is 12.4 Å². The normalized spacial score (nSPS) is 18.2. The lowest BCUT2D eigenvalue weighted by Gasteiger charge is -2.47.